The van der Waals surface area contributed by atoms with Gasteiger partial charge in [-0.15, -0.1) is 0 Å². The summed E-state index contributed by atoms with van der Waals surface area (Å²) in [5.74, 6) is -0.451. The first kappa shape index (κ1) is 14.2. The van der Waals surface area contributed by atoms with Crippen LogP contribution in [0.25, 0.3) is 0 Å². The first-order valence-electron chi connectivity index (χ1n) is 4.02. The third-order valence-corrected chi connectivity index (χ3v) is 0.851. The molecule has 4 nitrogen and oxygen atoms in total. The highest BCUT2D eigenvalue weighted by atomic mass is 16.5. The monoisotopic (exact) mass is 188 g/mol. The van der Waals surface area contributed by atoms with Crippen LogP contribution < -0.4 is 0 Å². The second kappa shape index (κ2) is 10.7. The molecule has 4 heteroatoms. The fourth-order valence-corrected chi connectivity index (χ4v) is 0.380. The highest BCUT2D eigenvalue weighted by Crippen LogP contribution is 1.81. The summed E-state index contributed by atoms with van der Waals surface area (Å²) in [7, 11) is 0. The van der Waals surface area contributed by atoms with Gasteiger partial charge in [0.05, 0.1) is 12.9 Å². The van der Waals surface area contributed by atoms with Gasteiger partial charge in [0.1, 0.15) is 0 Å². The number of carbonyl (C=O) groups is 2. The highest BCUT2D eigenvalue weighted by molar-refractivity contribution is 5.69. The van der Waals surface area contributed by atoms with Crippen LogP contribution in [0.2, 0.25) is 0 Å². The molecule has 76 valence electrons. The predicted octanol–water partition coefficient (Wildman–Crippen LogP) is 1.65. The van der Waals surface area contributed by atoms with E-state index < -0.39 is 0 Å². The van der Waals surface area contributed by atoms with Gasteiger partial charge in [0, 0.05) is 13.3 Å². The summed E-state index contributed by atoms with van der Waals surface area (Å²) in [4.78, 5) is 19.9. The third kappa shape index (κ3) is 18.0. The summed E-state index contributed by atoms with van der Waals surface area (Å²) < 4.78 is 8.72. The second-order valence-corrected chi connectivity index (χ2v) is 1.93. The average molecular weight is 188 g/mol. The Bertz CT molecular complexity index is 163. The van der Waals surface area contributed by atoms with Gasteiger partial charge in [0.25, 0.3) is 0 Å². The van der Waals surface area contributed by atoms with Crippen molar-refractivity contribution in [2.24, 2.45) is 0 Å². The van der Waals surface area contributed by atoms with Crippen LogP contribution in [0, 0.1) is 0 Å². The van der Waals surface area contributed by atoms with Crippen molar-refractivity contribution in [1.29, 1.82) is 0 Å². The lowest BCUT2D eigenvalue weighted by molar-refractivity contribution is -0.140. The molecule has 0 aliphatic carbocycles. The minimum atomic E-state index is -0.241. The van der Waals surface area contributed by atoms with Crippen LogP contribution in [-0.2, 0) is 19.1 Å². The minimum Gasteiger partial charge on any atom is -0.466 e. The molecule has 0 amide bonds. The number of carbonyl (C=O) groups excluding carboxylic acids is 2. The standard InChI is InChI=1S/C5H8O2.C4H8O2/c1-3-5(6)7-4-2;1-3-6-4(2)5/h4H,2-3H2,1H3;3H2,1-2H3. The normalized spacial score (nSPS) is 7.62. The maximum atomic E-state index is 10.1. The lowest BCUT2D eigenvalue weighted by atomic mass is 10.5. The molecule has 0 aromatic heterocycles. The Morgan fingerprint density at radius 1 is 1.38 bits per heavy atom. The molecule has 0 radical (unpaired) electrons. The number of esters is 2. The first-order valence-corrected chi connectivity index (χ1v) is 4.02. The molecule has 0 aromatic carbocycles. The largest absolute Gasteiger partial charge is 0.466 e. The number of rotatable bonds is 3. The molecule has 0 rings (SSSR count). The summed E-state index contributed by atoms with van der Waals surface area (Å²) in [6.07, 6.45) is 1.54. The molecule has 0 N–H and O–H groups in total. The van der Waals surface area contributed by atoms with Gasteiger partial charge in [-0.3, -0.25) is 9.59 Å². The van der Waals surface area contributed by atoms with Crippen LogP contribution in [0.5, 0.6) is 0 Å². The van der Waals surface area contributed by atoms with E-state index >= 15 is 0 Å². The Hall–Kier alpha value is -1.32. The van der Waals surface area contributed by atoms with Crippen molar-refractivity contribution >= 4 is 11.9 Å². The van der Waals surface area contributed by atoms with Crippen molar-refractivity contribution in [2.75, 3.05) is 6.61 Å². The quantitative estimate of drug-likeness (QED) is 0.499. The Labute approximate surface area is 78.5 Å². The van der Waals surface area contributed by atoms with Crippen LogP contribution in [0.15, 0.2) is 12.8 Å². The van der Waals surface area contributed by atoms with Crippen LogP contribution in [-0.4, -0.2) is 18.5 Å². The van der Waals surface area contributed by atoms with E-state index in [1.54, 1.807) is 13.8 Å². The third-order valence-electron chi connectivity index (χ3n) is 0.851. The zero-order valence-electron chi connectivity index (χ0n) is 8.33. The van der Waals surface area contributed by atoms with Crippen molar-refractivity contribution < 1.29 is 19.1 Å². The molecule has 0 fully saturated rings. The van der Waals surface area contributed by atoms with Crippen molar-refractivity contribution in [2.45, 2.75) is 27.2 Å². The van der Waals surface area contributed by atoms with Crippen LogP contribution >= 0.6 is 0 Å². The molecule has 0 atom stereocenters. The van der Waals surface area contributed by atoms with Crippen molar-refractivity contribution in [3.63, 3.8) is 0 Å². The van der Waals surface area contributed by atoms with Crippen LogP contribution in [0.4, 0.5) is 0 Å². The highest BCUT2D eigenvalue weighted by Gasteiger charge is 1.89. The minimum absolute atomic E-state index is 0.211. The number of hydrogen-bond acceptors (Lipinski definition) is 4. The van der Waals surface area contributed by atoms with Gasteiger partial charge in [0.15, 0.2) is 0 Å². The smallest absolute Gasteiger partial charge is 0.310 e. The average Bonchev–Trinajstić information content (AvgIpc) is 2.05. The van der Waals surface area contributed by atoms with Crippen LogP contribution in [0.3, 0.4) is 0 Å². The molecular weight excluding hydrogens is 172 g/mol. The SMILES string of the molecule is C=COC(=O)CC.CCOC(C)=O. The second-order valence-electron chi connectivity index (χ2n) is 1.93. The van der Waals surface area contributed by atoms with E-state index in [9.17, 15) is 9.59 Å². The number of ether oxygens (including phenoxy) is 2. The van der Waals surface area contributed by atoms with Crippen molar-refractivity contribution in [1.82, 2.24) is 0 Å². The van der Waals surface area contributed by atoms with E-state index in [1.807, 2.05) is 0 Å². The Balaban J connectivity index is 0. The predicted molar refractivity (Wildman–Crippen MR) is 48.9 cm³/mol. The molecule has 0 aliphatic heterocycles. The molecule has 13 heavy (non-hydrogen) atoms. The van der Waals surface area contributed by atoms with E-state index in [-0.39, 0.29) is 11.9 Å². The van der Waals surface area contributed by atoms with E-state index in [4.69, 9.17) is 0 Å². The summed E-state index contributed by atoms with van der Waals surface area (Å²) >= 11 is 0. The van der Waals surface area contributed by atoms with Crippen LogP contribution in [0.1, 0.15) is 27.2 Å². The first-order chi connectivity index (χ1) is 6.08. The maximum Gasteiger partial charge on any atom is 0.310 e. The summed E-state index contributed by atoms with van der Waals surface area (Å²) in [5, 5.41) is 0. The molecule has 0 heterocycles. The molecule has 0 spiro atoms. The molecule has 0 aliphatic rings. The van der Waals surface area contributed by atoms with Gasteiger partial charge in [0.2, 0.25) is 0 Å². The number of hydrogen-bond donors (Lipinski definition) is 0. The Morgan fingerprint density at radius 3 is 2.00 bits per heavy atom. The van der Waals surface area contributed by atoms with Gasteiger partial charge >= 0.3 is 11.9 Å². The lowest BCUT2D eigenvalue weighted by Crippen LogP contribution is -1.95. The van der Waals surface area contributed by atoms with Crippen molar-refractivity contribution in [3.8, 4) is 0 Å². The van der Waals surface area contributed by atoms with Gasteiger partial charge in [-0.1, -0.05) is 13.5 Å². The van der Waals surface area contributed by atoms with Gasteiger partial charge in [-0.2, -0.15) is 0 Å². The molecule has 0 unspecified atom stereocenters. The zero-order chi connectivity index (χ0) is 10.7. The topological polar surface area (TPSA) is 52.6 Å². The maximum absolute atomic E-state index is 10.1. The molecule has 0 saturated carbocycles. The summed E-state index contributed by atoms with van der Waals surface area (Å²) in [6.45, 7) is 8.59. The van der Waals surface area contributed by atoms with E-state index in [1.165, 1.54) is 6.92 Å². The van der Waals surface area contributed by atoms with E-state index in [0.717, 1.165) is 6.26 Å². The molecular formula is C9H16O4. The van der Waals surface area contributed by atoms with Crippen molar-refractivity contribution in [3.05, 3.63) is 12.8 Å². The van der Waals surface area contributed by atoms with E-state index in [2.05, 4.69) is 16.1 Å². The molecule has 0 bridgehead atoms. The zero-order valence-corrected chi connectivity index (χ0v) is 8.33. The molecule has 0 saturated heterocycles. The summed E-state index contributed by atoms with van der Waals surface area (Å²) in [5.41, 5.74) is 0. The van der Waals surface area contributed by atoms with E-state index in [0.29, 0.717) is 13.0 Å². The Kier molecular flexibility index (Phi) is 11.7. The fraction of sp³-hybridized carbons (Fsp3) is 0.556. The molecule has 0 aromatic rings. The van der Waals surface area contributed by atoms with Gasteiger partial charge in [-0.05, 0) is 6.92 Å². The summed E-state index contributed by atoms with van der Waals surface area (Å²) in [6, 6.07) is 0. The lowest BCUT2D eigenvalue weighted by Gasteiger charge is -1.89. The Morgan fingerprint density at radius 2 is 1.92 bits per heavy atom. The van der Waals surface area contributed by atoms with Gasteiger partial charge in [-0.25, -0.2) is 0 Å². The fourth-order valence-electron chi connectivity index (χ4n) is 0.380. The van der Waals surface area contributed by atoms with Gasteiger partial charge < -0.3 is 9.47 Å².